The van der Waals surface area contributed by atoms with Gasteiger partial charge in [-0.05, 0) is 49.6 Å². The van der Waals surface area contributed by atoms with E-state index in [-0.39, 0.29) is 18.5 Å². The Bertz CT molecular complexity index is 965. The lowest BCUT2D eigenvalue weighted by Gasteiger charge is -2.23. The minimum absolute atomic E-state index is 0.0623. The number of carbonyl (C=O) groups excluding carboxylic acids is 1. The van der Waals surface area contributed by atoms with Gasteiger partial charge in [0.1, 0.15) is 0 Å². The monoisotopic (exact) mass is 410 g/mol. The van der Waals surface area contributed by atoms with E-state index in [1.165, 1.54) is 0 Å². The number of carbonyl (C=O) groups is 1. The van der Waals surface area contributed by atoms with Gasteiger partial charge in [0.05, 0.1) is 29.3 Å². The van der Waals surface area contributed by atoms with Gasteiger partial charge in [0.15, 0.2) is 0 Å². The molecule has 0 unspecified atom stereocenters. The van der Waals surface area contributed by atoms with Crippen LogP contribution in [0, 0.1) is 19.8 Å². The molecule has 2 aromatic carbocycles. The molecule has 1 heterocycles. The minimum Gasteiger partial charge on any atom is -0.322 e. The highest BCUT2D eigenvalue weighted by Crippen LogP contribution is 2.24. The second kappa shape index (κ2) is 9.25. The van der Waals surface area contributed by atoms with E-state index in [4.69, 9.17) is 11.6 Å². The molecule has 0 aliphatic heterocycles. The molecule has 1 aromatic heterocycles. The molecule has 1 atom stereocenters. The quantitative estimate of drug-likeness (QED) is 0.571. The molecule has 152 valence electrons. The fourth-order valence-corrected chi connectivity index (χ4v) is 3.57. The van der Waals surface area contributed by atoms with Crippen LogP contribution in [-0.2, 0) is 4.79 Å². The highest BCUT2D eigenvalue weighted by molar-refractivity contribution is 6.30. The van der Waals surface area contributed by atoms with Crippen molar-refractivity contribution in [2.75, 3.05) is 11.9 Å². The van der Waals surface area contributed by atoms with Gasteiger partial charge in [-0.3, -0.25) is 4.79 Å². The Morgan fingerprint density at radius 3 is 2.34 bits per heavy atom. The largest absolute Gasteiger partial charge is 0.322 e. The van der Waals surface area contributed by atoms with Gasteiger partial charge in [-0.1, -0.05) is 55.8 Å². The maximum atomic E-state index is 12.6. The molecular formula is C23H27ClN4O. The number of halogens is 1. The maximum absolute atomic E-state index is 12.6. The standard InChI is InChI=1S/C23H27ClN4O/c1-15(2)22(18-10-12-19(24)13-11-18)25-14-21(29)26-23-16(3)27-28(17(23)4)20-8-6-5-7-9-20/h5-13,15,22,25H,14H2,1-4H3,(H,26,29)/t22-/m0/s1. The fraction of sp³-hybridized carbons (Fsp3) is 0.304. The zero-order chi connectivity index (χ0) is 21.0. The summed E-state index contributed by atoms with van der Waals surface area (Å²) in [6.45, 7) is 8.33. The van der Waals surface area contributed by atoms with E-state index in [0.717, 1.165) is 28.3 Å². The van der Waals surface area contributed by atoms with Crippen LogP contribution in [0.2, 0.25) is 5.02 Å². The third-order valence-electron chi connectivity index (χ3n) is 4.93. The van der Waals surface area contributed by atoms with Crippen LogP contribution in [0.3, 0.4) is 0 Å². The van der Waals surface area contributed by atoms with Crippen LogP contribution in [0.5, 0.6) is 0 Å². The van der Waals surface area contributed by atoms with Crippen molar-refractivity contribution in [2.45, 2.75) is 33.7 Å². The summed E-state index contributed by atoms with van der Waals surface area (Å²) in [6.07, 6.45) is 0. The van der Waals surface area contributed by atoms with Crippen LogP contribution in [0.25, 0.3) is 5.69 Å². The second-order valence-corrected chi connectivity index (χ2v) is 7.93. The first-order valence-corrected chi connectivity index (χ1v) is 10.1. The SMILES string of the molecule is Cc1nn(-c2ccccc2)c(C)c1NC(=O)CN[C@H](c1ccc(Cl)cc1)C(C)C. The third-order valence-corrected chi connectivity index (χ3v) is 5.19. The zero-order valence-corrected chi connectivity index (χ0v) is 18.0. The molecule has 6 heteroatoms. The molecule has 0 fully saturated rings. The summed E-state index contributed by atoms with van der Waals surface area (Å²) in [7, 11) is 0. The summed E-state index contributed by atoms with van der Waals surface area (Å²) in [6, 6.07) is 17.7. The van der Waals surface area contributed by atoms with Crippen LogP contribution in [0.4, 0.5) is 5.69 Å². The summed E-state index contributed by atoms with van der Waals surface area (Å²) >= 11 is 6.00. The van der Waals surface area contributed by atoms with Crippen LogP contribution < -0.4 is 10.6 Å². The molecule has 0 saturated heterocycles. The highest BCUT2D eigenvalue weighted by atomic mass is 35.5. The lowest BCUT2D eigenvalue weighted by Crippen LogP contribution is -2.33. The number of nitrogens with zero attached hydrogens (tertiary/aromatic N) is 2. The van der Waals surface area contributed by atoms with Crippen molar-refractivity contribution in [1.29, 1.82) is 0 Å². The topological polar surface area (TPSA) is 59.0 Å². The van der Waals surface area contributed by atoms with E-state index >= 15 is 0 Å². The van der Waals surface area contributed by atoms with Crippen molar-refractivity contribution in [3.05, 3.63) is 76.6 Å². The zero-order valence-electron chi connectivity index (χ0n) is 17.2. The number of amides is 1. The van der Waals surface area contributed by atoms with Gasteiger partial charge < -0.3 is 10.6 Å². The summed E-state index contributed by atoms with van der Waals surface area (Å²) in [5.74, 6) is 0.233. The first-order chi connectivity index (χ1) is 13.9. The molecule has 3 rings (SSSR count). The third kappa shape index (κ3) is 5.05. The molecule has 0 bridgehead atoms. The molecule has 3 aromatic rings. The first-order valence-electron chi connectivity index (χ1n) is 9.77. The molecule has 29 heavy (non-hydrogen) atoms. The molecule has 5 nitrogen and oxygen atoms in total. The number of nitrogens with one attached hydrogen (secondary N) is 2. The van der Waals surface area contributed by atoms with Crippen molar-refractivity contribution in [1.82, 2.24) is 15.1 Å². The molecule has 1 amide bonds. The lowest BCUT2D eigenvalue weighted by atomic mass is 9.96. The number of anilines is 1. The molecular weight excluding hydrogens is 384 g/mol. The first kappa shape index (κ1) is 21.1. The number of para-hydroxylation sites is 1. The van der Waals surface area contributed by atoms with Gasteiger partial charge in [-0.15, -0.1) is 0 Å². The van der Waals surface area contributed by atoms with Crippen LogP contribution in [0.1, 0.15) is 36.8 Å². The van der Waals surface area contributed by atoms with Crippen molar-refractivity contribution < 1.29 is 4.79 Å². The molecule has 0 aliphatic rings. The van der Waals surface area contributed by atoms with Gasteiger partial charge in [0.25, 0.3) is 0 Å². The summed E-state index contributed by atoms with van der Waals surface area (Å²) in [5, 5.41) is 11.7. The van der Waals surface area contributed by atoms with Gasteiger partial charge in [0, 0.05) is 11.1 Å². The van der Waals surface area contributed by atoms with E-state index in [1.54, 1.807) is 0 Å². The normalized spacial score (nSPS) is 12.2. The Hall–Kier alpha value is -2.63. The minimum atomic E-state index is -0.0941. The summed E-state index contributed by atoms with van der Waals surface area (Å²) in [5.41, 5.74) is 4.53. The average Bonchev–Trinajstić information content (AvgIpc) is 2.98. The highest BCUT2D eigenvalue weighted by Gasteiger charge is 2.19. The van der Waals surface area contributed by atoms with Crippen molar-refractivity contribution in [3.63, 3.8) is 0 Å². The fourth-order valence-electron chi connectivity index (χ4n) is 3.44. The second-order valence-electron chi connectivity index (χ2n) is 7.50. The van der Waals surface area contributed by atoms with Crippen LogP contribution in [0.15, 0.2) is 54.6 Å². The van der Waals surface area contributed by atoms with E-state index < -0.39 is 0 Å². The van der Waals surface area contributed by atoms with Gasteiger partial charge >= 0.3 is 0 Å². The number of aromatic nitrogens is 2. The van der Waals surface area contributed by atoms with Gasteiger partial charge in [0.2, 0.25) is 5.91 Å². The van der Waals surface area contributed by atoms with Gasteiger partial charge in [-0.25, -0.2) is 4.68 Å². The van der Waals surface area contributed by atoms with Gasteiger partial charge in [-0.2, -0.15) is 5.10 Å². The molecule has 0 saturated carbocycles. The maximum Gasteiger partial charge on any atom is 0.238 e. The predicted octanol–water partition coefficient (Wildman–Crippen LogP) is 5.07. The molecule has 0 aliphatic carbocycles. The van der Waals surface area contributed by atoms with Crippen molar-refractivity contribution in [3.8, 4) is 5.69 Å². The Kier molecular flexibility index (Phi) is 6.72. The predicted molar refractivity (Wildman–Crippen MR) is 119 cm³/mol. The molecule has 0 radical (unpaired) electrons. The van der Waals surface area contributed by atoms with E-state index in [2.05, 4.69) is 29.6 Å². The van der Waals surface area contributed by atoms with Crippen molar-refractivity contribution in [2.24, 2.45) is 5.92 Å². The van der Waals surface area contributed by atoms with Crippen LogP contribution in [-0.4, -0.2) is 22.2 Å². The van der Waals surface area contributed by atoms with E-state index in [9.17, 15) is 4.79 Å². The smallest absolute Gasteiger partial charge is 0.238 e. The number of hydrogen-bond donors (Lipinski definition) is 2. The molecule has 2 N–H and O–H groups in total. The number of benzene rings is 2. The average molecular weight is 411 g/mol. The van der Waals surface area contributed by atoms with Crippen molar-refractivity contribution >= 4 is 23.2 Å². The van der Waals surface area contributed by atoms with E-state index in [0.29, 0.717) is 10.9 Å². The Morgan fingerprint density at radius 1 is 1.07 bits per heavy atom. The number of rotatable bonds is 7. The van der Waals surface area contributed by atoms with E-state index in [1.807, 2.05) is 73.1 Å². The summed E-state index contributed by atoms with van der Waals surface area (Å²) in [4.78, 5) is 12.6. The number of aryl methyl sites for hydroxylation is 1. The Morgan fingerprint density at radius 2 is 1.72 bits per heavy atom. The Balaban J connectivity index is 1.69. The molecule has 0 spiro atoms. The Labute approximate surface area is 177 Å². The number of hydrogen-bond acceptors (Lipinski definition) is 3. The lowest BCUT2D eigenvalue weighted by molar-refractivity contribution is -0.115. The van der Waals surface area contributed by atoms with Crippen LogP contribution >= 0.6 is 11.6 Å². The summed E-state index contributed by atoms with van der Waals surface area (Å²) < 4.78 is 1.85.